The second kappa shape index (κ2) is 7.36. The molecular weight excluding hydrogens is 336 g/mol. The van der Waals surface area contributed by atoms with E-state index in [0.717, 1.165) is 19.5 Å². The minimum atomic E-state index is -0.867. The zero-order chi connectivity index (χ0) is 18.2. The number of hydrogen-bond donors (Lipinski definition) is 1. The summed E-state index contributed by atoms with van der Waals surface area (Å²) in [6, 6.07) is 19.1. The maximum atomic E-state index is 11.1. The Balaban J connectivity index is 1.42. The Morgan fingerprint density at radius 2 is 1.67 bits per heavy atom. The summed E-state index contributed by atoms with van der Waals surface area (Å²) >= 11 is 0. The minimum absolute atomic E-state index is 0.0345. The van der Waals surface area contributed by atoms with Gasteiger partial charge < -0.3 is 14.7 Å². The van der Waals surface area contributed by atoms with Gasteiger partial charge >= 0.3 is 0 Å². The second-order valence-electron chi connectivity index (χ2n) is 8.14. The quantitative estimate of drug-likeness (QED) is 0.846. The first-order chi connectivity index (χ1) is 13.3. The Morgan fingerprint density at radius 3 is 2.41 bits per heavy atom. The van der Waals surface area contributed by atoms with Crippen LogP contribution < -0.4 is 0 Å². The third-order valence-electron chi connectivity index (χ3n) is 6.61. The van der Waals surface area contributed by atoms with Gasteiger partial charge in [-0.15, -0.1) is 0 Å². The van der Waals surface area contributed by atoms with E-state index < -0.39 is 6.41 Å². The van der Waals surface area contributed by atoms with Crippen molar-refractivity contribution in [3.8, 4) is 0 Å². The van der Waals surface area contributed by atoms with Gasteiger partial charge in [-0.25, -0.2) is 4.90 Å². The van der Waals surface area contributed by atoms with Crippen molar-refractivity contribution in [1.82, 2.24) is 9.80 Å². The molecule has 142 valence electrons. The summed E-state index contributed by atoms with van der Waals surface area (Å²) in [7, 11) is 0. The number of rotatable bonds is 4. The highest BCUT2D eigenvalue weighted by Gasteiger charge is 2.39. The average Bonchev–Trinajstić information content (AvgIpc) is 2.74. The Labute approximate surface area is 161 Å². The first-order valence-electron chi connectivity index (χ1n) is 10.2. The van der Waals surface area contributed by atoms with E-state index in [9.17, 15) is 5.11 Å². The summed E-state index contributed by atoms with van der Waals surface area (Å²) < 4.78 is 6.27. The van der Waals surface area contributed by atoms with Gasteiger partial charge in [-0.05, 0) is 55.0 Å². The highest BCUT2D eigenvalue weighted by molar-refractivity contribution is 5.39. The molecule has 27 heavy (non-hydrogen) atoms. The molecule has 0 radical (unpaired) electrons. The largest absolute Gasteiger partial charge is 0.356 e. The molecule has 2 aromatic rings. The van der Waals surface area contributed by atoms with Crippen LogP contribution in [0.5, 0.6) is 0 Å². The lowest BCUT2D eigenvalue weighted by Crippen LogP contribution is -2.55. The molecule has 4 nitrogen and oxygen atoms in total. The van der Waals surface area contributed by atoms with Crippen LogP contribution in [0.4, 0.5) is 0 Å². The highest BCUT2D eigenvalue weighted by atomic mass is 16.6. The second-order valence-corrected chi connectivity index (χ2v) is 8.14. The van der Waals surface area contributed by atoms with E-state index in [2.05, 4.69) is 58.3 Å². The molecule has 4 heteroatoms. The fourth-order valence-electron chi connectivity index (χ4n) is 5.13. The molecule has 6 rings (SSSR count). The molecule has 3 fully saturated rings. The molecule has 3 atom stereocenters. The van der Waals surface area contributed by atoms with E-state index in [1.807, 2.05) is 6.07 Å². The number of hydrogen-bond acceptors (Lipinski definition) is 4. The Bertz CT molecular complexity index is 773. The molecule has 2 aromatic carbocycles. The molecule has 2 bridgehead atoms. The van der Waals surface area contributed by atoms with Gasteiger partial charge in [0.2, 0.25) is 6.41 Å². The lowest BCUT2D eigenvalue weighted by atomic mass is 9.86. The smallest absolute Gasteiger partial charge is 0.217 e. The zero-order valence-electron chi connectivity index (χ0n) is 15.7. The van der Waals surface area contributed by atoms with Crippen molar-refractivity contribution in [1.29, 1.82) is 0 Å². The molecule has 0 amide bonds. The van der Waals surface area contributed by atoms with Crippen molar-refractivity contribution in [2.24, 2.45) is 5.92 Å². The normalized spacial score (nSPS) is 31.4. The number of nitrogens with zero attached hydrogens (tertiary/aromatic N) is 2. The van der Waals surface area contributed by atoms with Crippen LogP contribution in [0.2, 0.25) is 0 Å². The van der Waals surface area contributed by atoms with Crippen molar-refractivity contribution in [2.75, 3.05) is 26.2 Å². The molecule has 4 heterocycles. The molecule has 1 N–H and O–H groups in total. The van der Waals surface area contributed by atoms with E-state index in [1.54, 1.807) is 0 Å². The summed E-state index contributed by atoms with van der Waals surface area (Å²) in [5, 5.41) is 11.1. The molecule has 3 unspecified atom stereocenters. The topological polar surface area (TPSA) is 35.9 Å². The fraction of sp³-hybridized carbons (Fsp3) is 0.478. The van der Waals surface area contributed by atoms with Gasteiger partial charge in [0, 0.05) is 13.1 Å². The van der Waals surface area contributed by atoms with Crippen molar-refractivity contribution in [2.45, 2.75) is 37.8 Å². The van der Waals surface area contributed by atoms with E-state index in [-0.39, 0.29) is 12.1 Å². The summed E-state index contributed by atoms with van der Waals surface area (Å²) in [6.45, 7) is 4.13. The number of piperidine rings is 3. The van der Waals surface area contributed by atoms with Crippen LogP contribution >= 0.6 is 0 Å². The highest BCUT2D eigenvalue weighted by Crippen LogP contribution is 2.37. The van der Waals surface area contributed by atoms with Gasteiger partial charge in [0.15, 0.2) is 0 Å². The van der Waals surface area contributed by atoms with Crippen molar-refractivity contribution in [3.63, 3.8) is 0 Å². The molecular formula is C23H28N2O2. The van der Waals surface area contributed by atoms with Crippen LogP contribution in [0, 0.1) is 5.92 Å². The van der Waals surface area contributed by atoms with Crippen LogP contribution in [-0.2, 0) is 11.2 Å². The SMILES string of the molecule is OC(OC1CN2CCC1CC2)N1CCc2ccccc2C1c1ccccc1. The van der Waals surface area contributed by atoms with Gasteiger partial charge in [0.05, 0.1) is 12.1 Å². The maximum absolute atomic E-state index is 11.1. The van der Waals surface area contributed by atoms with Gasteiger partial charge in [0.1, 0.15) is 0 Å². The van der Waals surface area contributed by atoms with Crippen molar-refractivity contribution in [3.05, 3.63) is 71.3 Å². The molecule has 3 saturated heterocycles. The Hall–Kier alpha value is -1.72. The Kier molecular flexibility index (Phi) is 4.74. The van der Waals surface area contributed by atoms with Crippen LogP contribution in [-0.4, -0.2) is 53.6 Å². The number of aliphatic hydroxyl groups excluding tert-OH is 1. The van der Waals surface area contributed by atoms with Crippen LogP contribution in [0.3, 0.4) is 0 Å². The summed E-state index contributed by atoms with van der Waals surface area (Å²) in [4.78, 5) is 4.60. The van der Waals surface area contributed by atoms with E-state index >= 15 is 0 Å². The molecule has 0 saturated carbocycles. The van der Waals surface area contributed by atoms with Crippen LogP contribution in [0.25, 0.3) is 0 Å². The maximum Gasteiger partial charge on any atom is 0.217 e. The molecule has 0 aromatic heterocycles. The van der Waals surface area contributed by atoms with Crippen molar-refractivity contribution < 1.29 is 9.84 Å². The molecule has 0 aliphatic carbocycles. The number of ether oxygens (including phenoxy) is 1. The van der Waals surface area contributed by atoms with Gasteiger partial charge in [-0.3, -0.25) is 0 Å². The van der Waals surface area contributed by atoms with E-state index in [4.69, 9.17) is 4.74 Å². The molecule has 4 aliphatic rings. The summed E-state index contributed by atoms with van der Waals surface area (Å²) in [6.07, 6.45) is 2.62. The number of benzene rings is 2. The number of fused-ring (bicyclic) bond motifs is 4. The predicted octanol–water partition coefficient (Wildman–Crippen LogP) is 3.02. The predicted molar refractivity (Wildman–Crippen MR) is 105 cm³/mol. The third-order valence-corrected chi connectivity index (χ3v) is 6.61. The van der Waals surface area contributed by atoms with Gasteiger partial charge in [-0.2, -0.15) is 0 Å². The Morgan fingerprint density at radius 1 is 0.926 bits per heavy atom. The standard InChI is InChI=1S/C23H28N2O2/c26-23(27-21-16-24-13-10-18(21)11-14-24)25-15-12-17-6-4-5-9-20(17)22(25)19-7-2-1-3-8-19/h1-9,18,21-23,26H,10-16H2. The average molecular weight is 364 g/mol. The van der Waals surface area contributed by atoms with E-state index in [0.29, 0.717) is 5.92 Å². The third kappa shape index (κ3) is 3.32. The monoisotopic (exact) mass is 364 g/mol. The first-order valence-corrected chi connectivity index (χ1v) is 10.2. The van der Waals surface area contributed by atoms with Gasteiger partial charge in [0.25, 0.3) is 0 Å². The zero-order valence-corrected chi connectivity index (χ0v) is 15.7. The van der Waals surface area contributed by atoms with E-state index in [1.165, 1.54) is 42.6 Å². The molecule has 0 spiro atoms. The summed E-state index contributed by atoms with van der Waals surface area (Å²) in [5.74, 6) is 0.594. The fourth-order valence-corrected chi connectivity index (χ4v) is 5.13. The summed E-state index contributed by atoms with van der Waals surface area (Å²) in [5.41, 5.74) is 3.87. The minimum Gasteiger partial charge on any atom is -0.356 e. The van der Waals surface area contributed by atoms with Crippen LogP contribution in [0.1, 0.15) is 35.6 Å². The molecule has 4 aliphatic heterocycles. The van der Waals surface area contributed by atoms with Crippen LogP contribution in [0.15, 0.2) is 54.6 Å². The van der Waals surface area contributed by atoms with Crippen molar-refractivity contribution >= 4 is 0 Å². The first kappa shape index (κ1) is 17.4. The number of aliphatic hydroxyl groups is 1. The lowest BCUT2D eigenvalue weighted by Gasteiger charge is -2.47. The lowest BCUT2D eigenvalue weighted by molar-refractivity contribution is -0.249. The van der Waals surface area contributed by atoms with Gasteiger partial charge in [-0.1, -0.05) is 54.6 Å².